The summed E-state index contributed by atoms with van der Waals surface area (Å²) >= 11 is 1.03. The molecule has 6 aromatic rings. The first-order valence-electron chi connectivity index (χ1n) is 11.9. The molecule has 3 heterocycles. The molecule has 11 nitrogen and oxygen atoms in total. The van der Waals surface area contributed by atoms with Gasteiger partial charge in [0, 0.05) is 10.9 Å². The van der Waals surface area contributed by atoms with Crippen molar-refractivity contribution in [2.75, 3.05) is 10.0 Å². The highest BCUT2D eigenvalue weighted by molar-refractivity contribution is 7.92. The summed E-state index contributed by atoms with van der Waals surface area (Å²) in [5, 5.41) is 16.9. The Kier molecular flexibility index (Phi) is 6.50. The molecule has 42 heavy (non-hydrogen) atoms. The maximum atomic E-state index is 15.5. The van der Waals surface area contributed by atoms with E-state index in [2.05, 4.69) is 25.4 Å². The van der Waals surface area contributed by atoms with Crippen LogP contribution < -0.4 is 10.0 Å². The quantitative estimate of drug-likeness (QED) is 0.216. The molecule has 0 saturated heterocycles. The minimum atomic E-state index is -4.44. The van der Waals surface area contributed by atoms with E-state index in [1.54, 1.807) is 24.3 Å². The van der Waals surface area contributed by atoms with Crippen LogP contribution >= 0.6 is 11.3 Å². The second-order valence-corrected chi connectivity index (χ2v) is 11.4. The number of para-hydroxylation sites is 1. The summed E-state index contributed by atoms with van der Waals surface area (Å²) in [5.41, 5.74) is -1.15. The number of rotatable bonds is 7. The zero-order valence-corrected chi connectivity index (χ0v) is 22.8. The van der Waals surface area contributed by atoms with E-state index in [1.807, 2.05) is 4.72 Å². The molecule has 16 heteroatoms. The van der Waals surface area contributed by atoms with Gasteiger partial charge in [0.15, 0.2) is 22.2 Å². The van der Waals surface area contributed by atoms with Crippen molar-refractivity contribution in [2.45, 2.75) is 11.8 Å². The first kappa shape index (κ1) is 27.1. The van der Waals surface area contributed by atoms with Gasteiger partial charge in [0.05, 0.1) is 16.1 Å². The number of hydrogen-bond acceptors (Lipinski definition) is 9. The molecule has 6 rings (SSSR count). The molecule has 0 aliphatic carbocycles. The molecule has 0 radical (unpaired) electrons. The van der Waals surface area contributed by atoms with Gasteiger partial charge < -0.3 is 10.4 Å². The predicted molar refractivity (Wildman–Crippen MR) is 148 cm³/mol. The highest BCUT2D eigenvalue weighted by Crippen LogP contribution is 2.34. The van der Waals surface area contributed by atoms with E-state index in [1.165, 1.54) is 17.7 Å². The zero-order valence-electron chi connectivity index (χ0n) is 21.1. The summed E-state index contributed by atoms with van der Waals surface area (Å²) < 4.78 is 73.5. The summed E-state index contributed by atoms with van der Waals surface area (Å²) in [4.78, 5) is 24.2. The summed E-state index contributed by atoms with van der Waals surface area (Å²) in [6.07, 6.45) is 1.13. The SMILES string of the molecule is Cc1c(F)cccc1S(=O)(=O)Nc1ccc(F)c(Nc2ncnc3sc(-n4nc(C(=O)O)c5ccccc54)nc23)c1F. The van der Waals surface area contributed by atoms with Gasteiger partial charge in [-0.15, -0.1) is 0 Å². The van der Waals surface area contributed by atoms with Gasteiger partial charge in [-0.25, -0.2) is 46.0 Å². The van der Waals surface area contributed by atoms with Crippen molar-refractivity contribution in [3.63, 3.8) is 0 Å². The average molecular weight is 612 g/mol. The molecule has 3 aromatic carbocycles. The topological polar surface area (TPSA) is 152 Å². The molecule has 0 aliphatic heterocycles. The number of anilines is 3. The number of benzene rings is 3. The van der Waals surface area contributed by atoms with Crippen LogP contribution in [0, 0.1) is 24.4 Å². The van der Waals surface area contributed by atoms with Crippen molar-refractivity contribution in [3.8, 4) is 5.13 Å². The minimum absolute atomic E-state index is 0.0918. The number of fused-ring (bicyclic) bond motifs is 2. The molecular weight excluding hydrogens is 595 g/mol. The Labute approximate surface area is 238 Å². The van der Waals surface area contributed by atoms with Crippen molar-refractivity contribution in [3.05, 3.63) is 89.6 Å². The third-order valence-corrected chi connectivity index (χ3v) is 8.69. The predicted octanol–water partition coefficient (Wildman–Crippen LogP) is 5.39. The van der Waals surface area contributed by atoms with Crippen LogP contribution in [-0.4, -0.2) is 44.2 Å². The van der Waals surface area contributed by atoms with Gasteiger partial charge in [0.2, 0.25) is 5.13 Å². The van der Waals surface area contributed by atoms with E-state index in [0.29, 0.717) is 15.7 Å². The third-order valence-electron chi connectivity index (χ3n) is 6.24. The number of aromatic carboxylic acids is 1. The van der Waals surface area contributed by atoms with E-state index in [0.717, 1.165) is 41.9 Å². The van der Waals surface area contributed by atoms with Gasteiger partial charge in [-0.05, 0) is 37.3 Å². The molecule has 0 atom stereocenters. The normalized spacial score (nSPS) is 11.7. The van der Waals surface area contributed by atoms with Crippen LogP contribution in [0.4, 0.5) is 30.4 Å². The van der Waals surface area contributed by atoms with Crippen LogP contribution in [0.3, 0.4) is 0 Å². The van der Waals surface area contributed by atoms with Crippen molar-refractivity contribution < 1.29 is 31.5 Å². The van der Waals surface area contributed by atoms with E-state index in [-0.39, 0.29) is 27.7 Å². The molecule has 0 bridgehead atoms. The van der Waals surface area contributed by atoms with Gasteiger partial charge in [0.25, 0.3) is 10.0 Å². The van der Waals surface area contributed by atoms with Gasteiger partial charge >= 0.3 is 5.97 Å². The van der Waals surface area contributed by atoms with Crippen molar-refractivity contribution >= 4 is 65.8 Å². The van der Waals surface area contributed by atoms with Crippen LogP contribution in [0.25, 0.3) is 26.4 Å². The largest absolute Gasteiger partial charge is 0.476 e. The number of hydrogen-bond donors (Lipinski definition) is 3. The number of carboxylic acids is 1. The summed E-state index contributed by atoms with van der Waals surface area (Å²) in [6.45, 7) is 1.26. The Morgan fingerprint density at radius 1 is 1.00 bits per heavy atom. The zero-order chi connectivity index (χ0) is 29.8. The summed E-state index contributed by atoms with van der Waals surface area (Å²) in [6, 6.07) is 11.8. The van der Waals surface area contributed by atoms with Gasteiger partial charge in [-0.3, -0.25) is 4.72 Å². The Balaban J connectivity index is 1.39. The van der Waals surface area contributed by atoms with Crippen molar-refractivity contribution in [1.82, 2.24) is 24.7 Å². The van der Waals surface area contributed by atoms with Crippen molar-refractivity contribution in [1.29, 1.82) is 0 Å². The third kappa shape index (κ3) is 4.55. The molecule has 0 amide bonds. The molecule has 0 saturated carbocycles. The number of halogens is 3. The Morgan fingerprint density at radius 3 is 2.57 bits per heavy atom. The van der Waals surface area contributed by atoms with Gasteiger partial charge in [0.1, 0.15) is 29.2 Å². The molecule has 212 valence electrons. The fourth-order valence-corrected chi connectivity index (χ4v) is 6.43. The lowest BCUT2D eigenvalue weighted by Gasteiger charge is -2.14. The van der Waals surface area contributed by atoms with Crippen LogP contribution in [0.2, 0.25) is 0 Å². The van der Waals surface area contributed by atoms with E-state index in [4.69, 9.17) is 0 Å². The molecule has 0 fully saturated rings. The number of thiazole rings is 1. The standard InChI is InChI=1S/C26H16F3N7O4S2/c1-12-14(27)6-4-8-18(12)42(39,40)35-16-10-9-15(28)21(19(16)29)32-23-22-24(31-11-30-23)41-26(33-22)36-17-7-3-2-5-13(17)20(34-36)25(37)38/h2-11,35H,1H3,(H,37,38)(H,30,31,32). The number of nitrogens with one attached hydrogen (secondary N) is 2. The van der Waals surface area contributed by atoms with Crippen molar-refractivity contribution in [2.24, 2.45) is 0 Å². The number of aromatic nitrogens is 5. The molecule has 0 unspecified atom stereocenters. The Hall–Kier alpha value is -5.09. The second-order valence-electron chi connectivity index (χ2n) is 8.83. The van der Waals surface area contributed by atoms with Gasteiger partial charge in [-0.1, -0.05) is 35.6 Å². The van der Waals surface area contributed by atoms with Crippen LogP contribution in [0.5, 0.6) is 0 Å². The first-order valence-corrected chi connectivity index (χ1v) is 14.2. The molecular formula is C26H16F3N7O4S2. The number of sulfonamides is 1. The maximum Gasteiger partial charge on any atom is 0.357 e. The highest BCUT2D eigenvalue weighted by atomic mass is 32.2. The highest BCUT2D eigenvalue weighted by Gasteiger charge is 2.24. The molecule has 0 aliphatic rings. The molecule has 3 N–H and O–H groups in total. The number of carboxylic acid groups (broad SMARTS) is 1. The first-order chi connectivity index (χ1) is 20.0. The average Bonchev–Trinajstić information content (AvgIpc) is 3.56. The lowest BCUT2D eigenvalue weighted by atomic mass is 10.2. The molecule has 3 aromatic heterocycles. The van der Waals surface area contributed by atoms with E-state index < -0.39 is 49.7 Å². The summed E-state index contributed by atoms with van der Waals surface area (Å²) in [5.74, 6) is -4.47. The maximum absolute atomic E-state index is 15.5. The lowest BCUT2D eigenvalue weighted by molar-refractivity contribution is 0.0692. The fourth-order valence-electron chi connectivity index (χ4n) is 4.24. The minimum Gasteiger partial charge on any atom is -0.476 e. The fraction of sp³-hybridized carbons (Fsp3) is 0.0385. The lowest BCUT2D eigenvalue weighted by Crippen LogP contribution is -2.16. The molecule has 0 spiro atoms. The summed E-state index contributed by atoms with van der Waals surface area (Å²) in [7, 11) is -4.44. The number of carbonyl (C=O) groups is 1. The van der Waals surface area contributed by atoms with E-state index in [9.17, 15) is 27.1 Å². The second kappa shape index (κ2) is 10.1. The smallest absolute Gasteiger partial charge is 0.357 e. The Morgan fingerprint density at radius 2 is 1.79 bits per heavy atom. The number of nitrogens with zero attached hydrogens (tertiary/aromatic N) is 5. The van der Waals surface area contributed by atoms with E-state index >= 15 is 4.39 Å². The Bertz CT molecular complexity index is 2170. The van der Waals surface area contributed by atoms with Crippen LogP contribution in [0.15, 0.2) is 65.8 Å². The monoisotopic (exact) mass is 611 g/mol. The van der Waals surface area contributed by atoms with Crippen LogP contribution in [-0.2, 0) is 10.0 Å². The van der Waals surface area contributed by atoms with Crippen LogP contribution in [0.1, 0.15) is 16.1 Å². The van der Waals surface area contributed by atoms with Gasteiger partial charge in [-0.2, -0.15) is 5.10 Å².